The van der Waals surface area contributed by atoms with Crippen molar-refractivity contribution < 1.29 is 4.74 Å². The van der Waals surface area contributed by atoms with Crippen LogP contribution < -0.4 is 4.74 Å². The Balaban J connectivity index is 1.65. The van der Waals surface area contributed by atoms with Crippen molar-refractivity contribution in [1.29, 1.82) is 5.26 Å². The lowest BCUT2D eigenvalue weighted by molar-refractivity contribution is 0.291. The zero-order valence-corrected chi connectivity index (χ0v) is 14.2. The van der Waals surface area contributed by atoms with Gasteiger partial charge in [0.2, 0.25) is 0 Å². The normalized spacial score (nSPS) is 10.6. The molecular formula is C22H17N3O. The van der Waals surface area contributed by atoms with Crippen molar-refractivity contribution in [3.8, 4) is 11.8 Å². The van der Waals surface area contributed by atoms with Gasteiger partial charge in [-0.15, -0.1) is 0 Å². The van der Waals surface area contributed by atoms with Crippen molar-refractivity contribution >= 4 is 11.0 Å². The summed E-state index contributed by atoms with van der Waals surface area (Å²) in [4.78, 5) is 4.74. The van der Waals surface area contributed by atoms with E-state index in [1.54, 1.807) is 0 Å². The lowest BCUT2D eigenvalue weighted by atomic mass is 10.1. The monoisotopic (exact) mass is 339 g/mol. The topological polar surface area (TPSA) is 50.8 Å². The van der Waals surface area contributed by atoms with Crippen LogP contribution in [-0.4, -0.2) is 9.55 Å². The Bertz CT molecular complexity index is 1060. The quantitative estimate of drug-likeness (QED) is 0.536. The van der Waals surface area contributed by atoms with Gasteiger partial charge in [-0.1, -0.05) is 42.5 Å². The number of benzene rings is 3. The summed E-state index contributed by atoms with van der Waals surface area (Å²) < 4.78 is 8.08. The predicted octanol–water partition coefficient (Wildman–Crippen LogP) is 4.54. The van der Waals surface area contributed by atoms with Gasteiger partial charge in [0.05, 0.1) is 22.7 Å². The molecule has 0 amide bonds. The minimum atomic E-state index is 0.398. The highest BCUT2D eigenvalue weighted by atomic mass is 16.5. The van der Waals surface area contributed by atoms with E-state index in [9.17, 15) is 0 Å². The van der Waals surface area contributed by atoms with Crippen LogP contribution in [-0.2, 0) is 13.2 Å². The Morgan fingerprint density at radius 3 is 2.38 bits per heavy atom. The lowest BCUT2D eigenvalue weighted by Crippen LogP contribution is -2.08. The van der Waals surface area contributed by atoms with E-state index in [2.05, 4.69) is 16.7 Å². The van der Waals surface area contributed by atoms with Gasteiger partial charge in [-0.05, 0) is 42.0 Å². The summed E-state index contributed by atoms with van der Waals surface area (Å²) in [5.41, 5.74) is 3.81. The highest BCUT2D eigenvalue weighted by molar-refractivity contribution is 5.76. The number of nitriles is 1. The van der Waals surface area contributed by atoms with Gasteiger partial charge >= 0.3 is 0 Å². The molecule has 4 aromatic rings. The Hall–Kier alpha value is -3.58. The Kier molecular flexibility index (Phi) is 4.36. The SMILES string of the molecule is N#Cc1ccc(Cn2c(COc3ccccc3)nc3ccccc32)cc1. The molecule has 1 heterocycles. The summed E-state index contributed by atoms with van der Waals surface area (Å²) in [6.07, 6.45) is 0. The second-order valence-electron chi connectivity index (χ2n) is 6.01. The van der Waals surface area contributed by atoms with E-state index in [1.165, 1.54) is 0 Å². The smallest absolute Gasteiger partial charge is 0.148 e. The molecule has 26 heavy (non-hydrogen) atoms. The van der Waals surface area contributed by atoms with Gasteiger partial charge in [-0.3, -0.25) is 0 Å². The predicted molar refractivity (Wildman–Crippen MR) is 101 cm³/mol. The van der Waals surface area contributed by atoms with E-state index in [1.807, 2.05) is 72.8 Å². The standard InChI is InChI=1S/C22H17N3O/c23-14-17-10-12-18(13-11-17)15-25-21-9-5-4-8-20(21)24-22(25)16-26-19-6-2-1-3-7-19/h1-13H,15-16H2. The third-order valence-corrected chi connectivity index (χ3v) is 4.27. The van der Waals surface area contributed by atoms with E-state index in [4.69, 9.17) is 15.0 Å². The van der Waals surface area contributed by atoms with Crippen LogP contribution in [0.1, 0.15) is 17.0 Å². The van der Waals surface area contributed by atoms with Gasteiger partial charge in [0, 0.05) is 6.54 Å². The fraction of sp³-hybridized carbons (Fsp3) is 0.0909. The molecule has 4 rings (SSSR count). The summed E-state index contributed by atoms with van der Waals surface area (Å²) in [5, 5.41) is 8.97. The van der Waals surface area contributed by atoms with Crippen LogP contribution in [0.25, 0.3) is 11.0 Å². The number of fused-ring (bicyclic) bond motifs is 1. The van der Waals surface area contributed by atoms with Crippen molar-refractivity contribution in [3.05, 3.63) is 95.8 Å². The van der Waals surface area contributed by atoms with Crippen molar-refractivity contribution in [2.45, 2.75) is 13.2 Å². The molecule has 126 valence electrons. The number of ether oxygens (including phenoxy) is 1. The van der Waals surface area contributed by atoms with E-state index in [0.717, 1.165) is 28.2 Å². The van der Waals surface area contributed by atoms with Crippen LogP contribution in [0.15, 0.2) is 78.9 Å². The molecule has 0 bridgehead atoms. The molecular weight excluding hydrogens is 322 g/mol. The fourth-order valence-electron chi connectivity index (χ4n) is 2.94. The average Bonchev–Trinajstić information content (AvgIpc) is 3.05. The Morgan fingerprint density at radius 1 is 0.885 bits per heavy atom. The molecule has 0 spiro atoms. The minimum Gasteiger partial charge on any atom is -0.486 e. The number of nitrogens with zero attached hydrogens (tertiary/aromatic N) is 3. The molecule has 0 aliphatic rings. The zero-order valence-electron chi connectivity index (χ0n) is 14.2. The second kappa shape index (κ2) is 7.12. The molecule has 0 unspecified atom stereocenters. The maximum Gasteiger partial charge on any atom is 0.148 e. The molecule has 0 N–H and O–H groups in total. The molecule has 0 radical (unpaired) electrons. The molecule has 3 aromatic carbocycles. The van der Waals surface area contributed by atoms with Crippen LogP contribution in [0.2, 0.25) is 0 Å². The molecule has 0 aliphatic carbocycles. The van der Waals surface area contributed by atoms with Gasteiger partial charge in [0.15, 0.2) is 0 Å². The van der Waals surface area contributed by atoms with E-state index < -0.39 is 0 Å². The third-order valence-electron chi connectivity index (χ3n) is 4.27. The molecule has 0 fully saturated rings. The lowest BCUT2D eigenvalue weighted by Gasteiger charge is -2.11. The molecule has 4 nitrogen and oxygen atoms in total. The van der Waals surface area contributed by atoms with Gasteiger partial charge in [-0.25, -0.2) is 4.98 Å². The van der Waals surface area contributed by atoms with Crippen LogP contribution in [0.4, 0.5) is 0 Å². The Morgan fingerprint density at radius 2 is 1.62 bits per heavy atom. The average molecular weight is 339 g/mol. The maximum atomic E-state index is 8.97. The van der Waals surface area contributed by atoms with Crippen molar-refractivity contribution in [2.24, 2.45) is 0 Å². The summed E-state index contributed by atoms with van der Waals surface area (Å²) in [7, 11) is 0. The van der Waals surface area contributed by atoms with Gasteiger partial charge in [-0.2, -0.15) is 5.26 Å². The number of rotatable bonds is 5. The van der Waals surface area contributed by atoms with Crippen LogP contribution >= 0.6 is 0 Å². The number of hydrogen-bond donors (Lipinski definition) is 0. The molecule has 0 atom stereocenters. The first-order valence-corrected chi connectivity index (χ1v) is 8.44. The van der Waals surface area contributed by atoms with Crippen LogP contribution in [0.3, 0.4) is 0 Å². The molecule has 0 saturated carbocycles. The van der Waals surface area contributed by atoms with Crippen LogP contribution in [0, 0.1) is 11.3 Å². The summed E-state index contributed by atoms with van der Waals surface area (Å²) in [5.74, 6) is 1.70. The van der Waals surface area contributed by atoms with Gasteiger partial charge < -0.3 is 9.30 Å². The van der Waals surface area contributed by atoms with E-state index >= 15 is 0 Å². The fourth-order valence-corrected chi connectivity index (χ4v) is 2.94. The van der Waals surface area contributed by atoms with E-state index in [-0.39, 0.29) is 0 Å². The van der Waals surface area contributed by atoms with Gasteiger partial charge in [0.1, 0.15) is 18.2 Å². The first-order valence-electron chi connectivity index (χ1n) is 8.44. The first kappa shape index (κ1) is 15.9. The number of hydrogen-bond acceptors (Lipinski definition) is 3. The largest absolute Gasteiger partial charge is 0.486 e. The van der Waals surface area contributed by atoms with Crippen molar-refractivity contribution in [3.63, 3.8) is 0 Å². The molecule has 0 aliphatic heterocycles. The highest BCUT2D eigenvalue weighted by Crippen LogP contribution is 2.20. The minimum absolute atomic E-state index is 0.398. The van der Waals surface area contributed by atoms with Crippen LogP contribution in [0.5, 0.6) is 5.75 Å². The van der Waals surface area contributed by atoms with Gasteiger partial charge in [0.25, 0.3) is 0 Å². The maximum absolute atomic E-state index is 8.97. The first-order chi connectivity index (χ1) is 12.8. The summed E-state index contributed by atoms with van der Waals surface area (Å²) in [6.45, 7) is 1.08. The second-order valence-corrected chi connectivity index (χ2v) is 6.01. The van der Waals surface area contributed by atoms with E-state index in [0.29, 0.717) is 18.7 Å². The number of aromatic nitrogens is 2. The molecule has 4 heteroatoms. The zero-order chi connectivity index (χ0) is 17.8. The number of imidazole rings is 1. The Labute approximate surface area is 151 Å². The summed E-state index contributed by atoms with van der Waals surface area (Å²) >= 11 is 0. The van der Waals surface area contributed by atoms with Crippen molar-refractivity contribution in [1.82, 2.24) is 9.55 Å². The third kappa shape index (κ3) is 3.28. The summed E-state index contributed by atoms with van der Waals surface area (Å²) in [6, 6.07) is 27.6. The molecule has 0 saturated heterocycles. The highest BCUT2D eigenvalue weighted by Gasteiger charge is 2.11. The molecule has 1 aromatic heterocycles. The number of para-hydroxylation sites is 3. The van der Waals surface area contributed by atoms with Crippen molar-refractivity contribution in [2.75, 3.05) is 0 Å².